The molecule has 0 aliphatic carbocycles. The van der Waals surface area contributed by atoms with Crippen LogP contribution in [0.3, 0.4) is 0 Å². The van der Waals surface area contributed by atoms with Gasteiger partial charge in [-0.15, -0.1) is 0 Å². The van der Waals surface area contributed by atoms with E-state index in [1.54, 1.807) is 19.1 Å². The lowest BCUT2D eigenvalue weighted by atomic mass is 10.1. The number of rotatable bonds is 9. The molecule has 10 nitrogen and oxygen atoms in total. The molecule has 0 aromatic heterocycles. The van der Waals surface area contributed by atoms with Crippen molar-refractivity contribution >= 4 is 29.5 Å². The van der Waals surface area contributed by atoms with Gasteiger partial charge >= 0.3 is 12.0 Å². The summed E-state index contributed by atoms with van der Waals surface area (Å²) in [7, 11) is 0. The van der Waals surface area contributed by atoms with Crippen molar-refractivity contribution in [2.75, 3.05) is 38.2 Å². The second-order valence-corrected chi connectivity index (χ2v) is 7.48. The molecule has 34 heavy (non-hydrogen) atoms. The molecule has 0 saturated heterocycles. The molecular formula is C24H28N4O6. The summed E-state index contributed by atoms with van der Waals surface area (Å²) in [5, 5.41) is 8.08. The van der Waals surface area contributed by atoms with E-state index in [0.29, 0.717) is 18.0 Å². The SMILES string of the molecule is CCOC(=O)CCNC(=O)CN1CCOc2ccc(NC(=O)NCc3ccccc3)cc2C1=O. The normalized spacial score (nSPS) is 12.6. The van der Waals surface area contributed by atoms with Gasteiger partial charge in [-0.2, -0.15) is 0 Å². The fourth-order valence-electron chi connectivity index (χ4n) is 3.31. The predicted octanol–water partition coefficient (Wildman–Crippen LogP) is 1.91. The van der Waals surface area contributed by atoms with Crippen LogP contribution in [0.25, 0.3) is 0 Å². The minimum absolute atomic E-state index is 0.0564. The Kier molecular flexibility index (Phi) is 8.84. The van der Waals surface area contributed by atoms with Crippen LogP contribution in [0.4, 0.5) is 10.5 Å². The number of fused-ring (bicyclic) bond motifs is 1. The van der Waals surface area contributed by atoms with E-state index in [-0.39, 0.29) is 50.7 Å². The summed E-state index contributed by atoms with van der Waals surface area (Å²) >= 11 is 0. The zero-order valence-electron chi connectivity index (χ0n) is 19.0. The Balaban J connectivity index is 1.56. The summed E-state index contributed by atoms with van der Waals surface area (Å²) in [6, 6.07) is 13.9. The minimum Gasteiger partial charge on any atom is -0.491 e. The number of carbonyl (C=O) groups excluding carboxylic acids is 4. The maximum absolute atomic E-state index is 13.1. The smallest absolute Gasteiger partial charge is 0.319 e. The maximum Gasteiger partial charge on any atom is 0.319 e. The molecule has 2 aromatic carbocycles. The summed E-state index contributed by atoms with van der Waals surface area (Å²) in [4.78, 5) is 50.3. The van der Waals surface area contributed by atoms with Gasteiger partial charge in [0.05, 0.1) is 31.7 Å². The van der Waals surface area contributed by atoms with E-state index in [1.807, 2.05) is 30.3 Å². The fourth-order valence-corrected chi connectivity index (χ4v) is 3.31. The van der Waals surface area contributed by atoms with Crippen molar-refractivity contribution in [2.24, 2.45) is 0 Å². The summed E-state index contributed by atoms with van der Waals surface area (Å²) in [5.41, 5.74) is 1.62. The fraction of sp³-hybridized carbons (Fsp3) is 0.333. The summed E-state index contributed by atoms with van der Waals surface area (Å²) in [6.07, 6.45) is 0.0564. The highest BCUT2D eigenvalue weighted by atomic mass is 16.5. The van der Waals surface area contributed by atoms with Crippen LogP contribution >= 0.6 is 0 Å². The van der Waals surface area contributed by atoms with Crippen LogP contribution in [-0.4, -0.2) is 61.6 Å². The lowest BCUT2D eigenvalue weighted by Gasteiger charge is -2.19. The quantitative estimate of drug-likeness (QED) is 0.483. The van der Waals surface area contributed by atoms with Crippen molar-refractivity contribution in [3.8, 4) is 5.75 Å². The Labute approximate surface area is 197 Å². The lowest BCUT2D eigenvalue weighted by molar-refractivity contribution is -0.143. The van der Waals surface area contributed by atoms with Gasteiger partial charge in [-0.25, -0.2) is 4.79 Å². The van der Waals surface area contributed by atoms with Gasteiger partial charge in [0.2, 0.25) is 5.91 Å². The topological polar surface area (TPSA) is 126 Å². The Hall–Kier alpha value is -4.08. The van der Waals surface area contributed by atoms with E-state index in [9.17, 15) is 19.2 Å². The maximum atomic E-state index is 13.1. The third kappa shape index (κ3) is 7.22. The second kappa shape index (κ2) is 12.2. The van der Waals surface area contributed by atoms with Crippen LogP contribution < -0.4 is 20.7 Å². The number of carbonyl (C=O) groups is 4. The number of hydrogen-bond acceptors (Lipinski definition) is 6. The number of esters is 1. The highest BCUT2D eigenvalue weighted by Gasteiger charge is 2.25. The Morgan fingerprint density at radius 1 is 1.09 bits per heavy atom. The monoisotopic (exact) mass is 468 g/mol. The molecule has 3 rings (SSSR count). The minimum atomic E-state index is -0.413. The molecule has 10 heteroatoms. The molecule has 1 heterocycles. The number of urea groups is 1. The van der Waals surface area contributed by atoms with Gasteiger partial charge in [0, 0.05) is 18.8 Å². The molecule has 0 unspecified atom stereocenters. The molecule has 4 amide bonds. The first-order valence-electron chi connectivity index (χ1n) is 11.0. The van der Waals surface area contributed by atoms with Crippen molar-refractivity contribution in [3.63, 3.8) is 0 Å². The van der Waals surface area contributed by atoms with Crippen LogP contribution in [0.15, 0.2) is 48.5 Å². The van der Waals surface area contributed by atoms with Crippen LogP contribution in [-0.2, 0) is 20.9 Å². The van der Waals surface area contributed by atoms with Crippen LogP contribution in [0.5, 0.6) is 5.75 Å². The van der Waals surface area contributed by atoms with E-state index in [1.165, 1.54) is 11.0 Å². The van der Waals surface area contributed by atoms with Crippen molar-refractivity contribution in [3.05, 3.63) is 59.7 Å². The molecule has 1 aliphatic rings. The molecule has 0 fully saturated rings. The Bertz CT molecular complexity index is 1030. The van der Waals surface area contributed by atoms with Gasteiger partial charge in [0.15, 0.2) is 0 Å². The molecule has 0 bridgehead atoms. The Morgan fingerprint density at radius 3 is 2.65 bits per heavy atom. The van der Waals surface area contributed by atoms with E-state index in [4.69, 9.17) is 9.47 Å². The summed E-state index contributed by atoms with van der Waals surface area (Å²) in [5.74, 6) is -0.800. The van der Waals surface area contributed by atoms with Crippen LogP contribution in [0.2, 0.25) is 0 Å². The van der Waals surface area contributed by atoms with E-state index in [2.05, 4.69) is 16.0 Å². The summed E-state index contributed by atoms with van der Waals surface area (Å²) < 4.78 is 10.5. The standard InChI is InChI=1S/C24H28N4O6/c1-2-33-22(30)10-11-25-21(29)16-28-12-13-34-20-9-8-18(14-19(20)23(28)31)27-24(32)26-15-17-6-4-3-5-7-17/h3-9,14H,2,10-13,15-16H2,1H3,(H,25,29)(H2,26,27,32). The van der Waals surface area contributed by atoms with E-state index >= 15 is 0 Å². The van der Waals surface area contributed by atoms with Crippen LogP contribution in [0, 0.1) is 0 Å². The Morgan fingerprint density at radius 2 is 1.88 bits per heavy atom. The lowest BCUT2D eigenvalue weighted by Crippen LogP contribution is -2.42. The third-order valence-corrected chi connectivity index (χ3v) is 4.96. The largest absolute Gasteiger partial charge is 0.491 e. The molecule has 0 saturated carbocycles. The van der Waals surface area contributed by atoms with Crippen molar-refractivity contribution in [1.29, 1.82) is 0 Å². The number of hydrogen-bond donors (Lipinski definition) is 3. The molecule has 0 spiro atoms. The number of nitrogens with zero attached hydrogens (tertiary/aromatic N) is 1. The molecule has 2 aromatic rings. The molecule has 0 atom stereocenters. The molecule has 0 radical (unpaired) electrons. The number of benzene rings is 2. The number of ether oxygens (including phenoxy) is 2. The van der Waals surface area contributed by atoms with Gasteiger partial charge in [-0.1, -0.05) is 30.3 Å². The zero-order valence-corrected chi connectivity index (χ0v) is 19.0. The molecular weight excluding hydrogens is 440 g/mol. The predicted molar refractivity (Wildman–Crippen MR) is 124 cm³/mol. The van der Waals surface area contributed by atoms with Crippen LogP contribution in [0.1, 0.15) is 29.3 Å². The van der Waals surface area contributed by atoms with Crippen molar-refractivity contribution < 1.29 is 28.7 Å². The average molecular weight is 469 g/mol. The summed E-state index contributed by atoms with van der Waals surface area (Å²) in [6.45, 7) is 2.73. The first-order valence-corrected chi connectivity index (χ1v) is 11.0. The average Bonchev–Trinajstić information content (AvgIpc) is 2.97. The van der Waals surface area contributed by atoms with Crippen molar-refractivity contribution in [1.82, 2.24) is 15.5 Å². The highest BCUT2D eigenvalue weighted by molar-refractivity contribution is 6.01. The molecule has 3 N–H and O–H groups in total. The van der Waals surface area contributed by atoms with Gasteiger partial charge in [-0.05, 0) is 30.7 Å². The number of nitrogens with one attached hydrogen (secondary N) is 3. The zero-order chi connectivity index (χ0) is 24.3. The second-order valence-electron chi connectivity index (χ2n) is 7.48. The van der Waals surface area contributed by atoms with Gasteiger partial charge in [0.25, 0.3) is 5.91 Å². The van der Waals surface area contributed by atoms with Gasteiger partial charge < -0.3 is 30.3 Å². The highest BCUT2D eigenvalue weighted by Crippen LogP contribution is 2.26. The van der Waals surface area contributed by atoms with Gasteiger partial charge in [0.1, 0.15) is 12.4 Å². The number of anilines is 1. The number of amides is 4. The van der Waals surface area contributed by atoms with E-state index in [0.717, 1.165) is 5.56 Å². The van der Waals surface area contributed by atoms with Crippen molar-refractivity contribution in [2.45, 2.75) is 19.9 Å². The first kappa shape index (κ1) is 24.6. The molecule has 180 valence electrons. The molecule has 1 aliphatic heterocycles. The third-order valence-electron chi connectivity index (χ3n) is 4.96. The van der Waals surface area contributed by atoms with E-state index < -0.39 is 17.9 Å². The first-order chi connectivity index (χ1) is 16.5. The van der Waals surface area contributed by atoms with Gasteiger partial charge in [-0.3, -0.25) is 14.4 Å².